The fourth-order valence-electron chi connectivity index (χ4n) is 6.89. The Morgan fingerprint density at radius 3 is 2.03 bits per heavy atom. The minimum Gasteiger partial charge on any atom is -0.448 e. The lowest BCUT2D eigenvalue weighted by molar-refractivity contribution is -0.111. The fourth-order valence-corrected chi connectivity index (χ4v) is 6.89. The van der Waals surface area contributed by atoms with Gasteiger partial charge in [0.15, 0.2) is 6.29 Å². The van der Waals surface area contributed by atoms with Crippen molar-refractivity contribution in [3.8, 4) is 11.1 Å². The maximum absolute atomic E-state index is 13.4. The molecule has 3 aliphatic rings. The van der Waals surface area contributed by atoms with E-state index in [0.29, 0.717) is 19.4 Å². The predicted molar refractivity (Wildman–Crippen MR) is 140 cm³/mol. The summed E-state index contributed by atoms with van der Waals surface area (Å²) < 4.78 is 17.0. The molecule has 2 heterocycles. The summed E-state index contributed by atoms with van der Waals surface area (Å²) in [5.41, 5.74) is 5.41. The van der Waals surface area contributed by atoms with Crippen LogP contribution >= 0.6 is 0 Å². The third-order valence-electron chi connectivity index (χ3n) is 8.46. The highest BCUT2D eigenvalue weighted by molar-refractivity contribution is 5.79. The molecular weight excluding hydrogens is 466 g/mol. The molecule has 6 heteroatoms. The first-order valence-corrected chi connectivity index (χ1v) is 13.0. The fraction of sp³-hybridized carbons (Fsp3) is 0.387. The van der Waals surface area contributed by atoms with Crippen LogP contribution in [0.4, 0.5) is 4.79 Å². The predicted octanol–water partition coefficient (Wildman–Crippen LogP) is 5.74. The lowest BCUT2D eigenvalue weighted by Crippen LogP contribution is -2.52. The molecule has 1 aliphatic carbocycles. The molecule has 0 radical (unpaired) electrons. The molecular formula is C31H33NO5. The van der Waals surface area contributed by atoms with Crippen LogP contribution in [0, 0.1) is 0 Å². The van der Waals surface area contributed by atoms with E-state index in [0.717, 1.165) is 24.0 Å². The molecule has 2 atom stereocenters. The number of methoxy groups -OCH3 is 2. The molecule has 2 saturated heterocycles. The van der Waals surface area contributed by atoms with Crippen LogP contribution < -0.4 is 0 Å². The minimum absolute atomic E-state index is 0.0302. The van der Waals surface area contributed by atoms with Crippen LogP contribution in [0.15, 0.2) is 72.8 Å². The largest absolute Gasteiger partial charge is 0.448 e. The van der Waals surface area contributed by atoms with Crippen molar-refractivity contribution in [2.75, 3.05) is 20.8 Å². The van der Waals surface area contributed by atoms with Gasteiger partial charge in [0.2, 0.25) is 0 Å². The van der Waals surface area contributed by atoms with Crippen molar-refractivity contribution >= 4 is 6.09 Å². The Labute approximate surface area is 217 Å². The highest BCUT2D eigenvalue weighted by atomic mass is 16.7. The Hall–Kier alpha value is -3.19. The molecule has 3 aromatic rings. The number of fused-ring (bicyclic) bond motifs is 5. The molecule has 1 amide bonds. The monoisotopic (exact) mass is 499 g/mol. The van der Waals surface area contributed by atoms with Crippen LogP contribution in [-0.4, -0.2) is 49.0 Å². The van der Waals surface area contributed by atoms with Crippen molar-refractivity contribution < 1.29 is 24.1 Å². The maximum Gasteiger partial charge on any atom is 0.410 e. The Bertz CT molecular complexity index is 1240. The van der Waals surface area contributed by atoms with Crippen LogP contribution in [0.5, 0.6) is 0 Å². The summed E-state index contributed by atoms with van der Waals surface area (Å²) in [4.78, 5) is 15.3. The van der Waals surface area contributed by atoms with E-state index in [1.165, 1.54) is 22.3 Å². The number of ether oxygens (including phenoxy) is 3. The smallest absolute Gasteiger partial charge is 0.410 e. The summed E-state index contributed by atoms with van der Waals surface area (Å²) in [5, 5.41) is 11.9. The number of benzene rings is 3. The number of hydrogen-bond acceptors (Lipinski definition) is 5. The lowest BCUT2D eigenvalue weighted by atomic mass is 9.78. The van der Waals surface area contributed by atoms with Crippen molar-refractivity contribution in [2.45, 2.75) is 55.6 Å². The standard InChI is InChI=1S/C31H33NO5/c1-35-29(36-2)26-13-7-8-14-28(26)31(34)17-20-15-16-21(18-31)32(20)30(33)37-19-27-24-11-5-3-9-22(24)23-10-4-6-12-25(23)27/h3-14,20-21,27,29,34H,15-19H2,1-2H3. The van der Waals surface area contributed by atoms with Crippen LogP contribution in [0.25, 0.3) is 11.1 Å². The summed E-state index contributed by atoms with van der Waals surface area (Å²) in [5.74, 6) is 0.0302. The molecule has 37 heavy (non-hydrogen) atoms. The van der Waals surface area contributed by atoms with Crippen LogP contribution in [0.3, 0.4) is 0 Å². The molecule has 2 fully saturated rings. The van der Waals surface area contributed by atoms with Gasteiger partial charge in [-0.1, -0.05) is 72.8 Å². The van der Waals surface area contributed by atoms with E-state index in [1.807, 2.05) is 41.3 Å². The van der Waals surface area contributed by atoms with Crippen molar-refractivity contribution in [1.82, 2.24) is 4.90 Å². The van der Waals surface area contributed by atoms with Gasteiger partial charge in [-0.05, 0) is 40.7 Å². The van der Waals surface area contributed by atoms with Gasteiger partial charge in [0.25, 0.3) is 0 Å². The number of rotatable bonds is 6. The molecule has 0 saturated carbocycles. The average Bonchev–Trinajstić information content (AvgIpc) is 3.40. The normalized spacial score (nSPS) is 24.3. The Kier molecular flexibility index (Phi) is 6.27. The molecule has 2 bridgehead atoms. The minimum atomic E-state index is -1.06. The summed E-state index contributed by atoms with van der Waals surface area (Å²) in [6.07, 6.45) is 1.80. The third kappa shape index (κ3) is 4.04. The van der Waals surface area contributed by atoms with Crippen molar-refractivity contribution in [2.24, 2.45) is 0 Å². The maximum atomic E-state index is 13.4. The summed E-state index contributed by atoms with van der Waals surface area (Å²) >= 11 is 0. The topological polar surface area (TPSA) is 68.2 Å². The van der Waals surface area contributed by atoms with E-state index in [1.54, 1.807) is 14.2 Å². The first kappa shape index (κ1) is 24.2. The average molecular weight is 500 g/mol. The quantitative estimate of drug-likeness (QED) is 0.438. The second kappa shape index (κ2) is 9.60. The number of piperidine rings is 1. The van der Waals surface area contributed by atoms with Gasteiger partial charge < -0.3 is 24.2 Å². The zero-order valence-electron chi connectivity index (χ0n) is 21.3. The molecule has 192 valence electrons. The Morgan fingerprint density at radius 2 is 1.43 bits per heavy atom. The molecule has 6 rings (SSSR count). The van der Waals surface area contributed by atoms with E-state index < -0.39 is 11.9 Å². The Morgan fingerprint density at radius 1 is 0.892 bits per heavy atom. The first-order chi connectivity index (χ1) is 18.0. The van der Waals surface area contributed by atoms with Crippen molar-refractivity contribution in [3.63, 3.8) is 0 Å². The van der Waals surface area contributed by atoms with Gasteiger partial charge in [-0.2, -0.15) is 0 Å². The number of carbonyl (C=O) groups excluding carboxylic acids is 1. The number of amides is 1. The second-order valence-corrected chi connectivity index (χ2v) is 10.4. The summed E-state index contributed by atoms with van der Waals surface area (Å²) in [6.45, 7) is 0.305. The van der Waals surface area contributed by atoms with Gasteiger partial charge in [-0.3, -0.25) is 0 Å². The molecule has 6 nitrogen and oxygen atoms in total. The molecule has 2 aliphatic heterocycles. The van der Waals surface area contributed by atoms with E-state index in [-0.39, 0.29) is 24.1 Å². The van der Waals surface area contributed by atoms with Crippen LogP contribution in [0.1, 0.15) is 60.1 Å². The molecule has 0 aromatic heterocycles. The molecule has 0 spiro atoms. The van der Waals surface area contributed by atoms with Gasteiger partial charge in [-0.15, -0.1) is 0 Å². The van der Waals surface area contributed by atoms with Crippen molar-refractivity contribution in [1.29, 1.82) is 0 Å². The highest BCUT2D eigenvalue weighted by Crippen LogP contribution is 2.48. The van der Waals surface area contributed by atoms with E-state index >= 15 is 0 Å². The summed E-state index contributed by atoms with van der Waals surface area (Å²) in [6, 6.07) is 24.3. The number of aliphatic hydroxyl groups is 1. The zero-order chi connectivity index (χ0) is 25.6. The highest BCUT2D eigenvalue weighted by Gasteiger charge is 2.51. The van der Waals surface area contributed by atoms with E-state index in [4.69, 9.17) is 14.2 Å². The Balaban J connectivity index is 1.19. The van der Waals surface area contributed by atoms with Gasteiger partial charge in [0.1, 0.15) is 6.61 Å². The van der Waals surface area contributed by atoms with Gasteiger partial charge >= 0.3 is 6.09 Å². The second-order valence-electron chi connectivity index (χ2n) is 10.4. The number of hydrogen-bond donors (Lipinski definition) is 1. The van der Waals surface area contributed by atoms with Crippen LogP contribution in [-0.2, 0) is 19.8 Å². The third-order valence-corrected chi connectivity index (χ3v) is 8.46. The van der Waals surface area contributed by atoms with Crippen molar-refractivity contribution in [3.05, 3.63) is 95.1 Å². The molecule has 3 aromatic carbocycles. The van der Waals surface area contributed by atoms with Gasteiger partial charge in [-0.25, -0.2) is 4.79 Å². The van der Waals surface area contributed by atoms with Gasteiger partial charge in [0.05, 0.1) is 5.60 Å². The number of nitrogens with zero attached hydrogens (tertiary/aromatic N) is 1. The molecule has 1 N–H and O–H groups in total. The number of carbonyl (C=O) groups is 1. The zero-order valence-corrected chi connectivity index (χ0v) is 21.3. The lowest BCUT2D eigenvalue weighted by Gasteiger charge is -2.44. The summed E-state index contributed by atoms with van der Waals surface area (Å²) in [7, 11) is 3.19. The van der Waals surface area contributed by atoms with Crippen LogP contribution in [0.2, 0.25) is 0 Å². The molecule has 2 unspecified atom stereocenters. The van der Waals surface area contributed by atoms with E-state index in [9.17, 15) is 9.90 Å². The first-order valence-electron chi connectivity index (χ1n) is 13.0. The SMILES string of the molecule is COC(OC)c1ccccc1C1(O)CC2CCC(C1)N2C(=O)OCC1c2ccccc2-c2ccccc21. The van der Waals surface area contributed by atoms with Gasteiger partial charge in [0, 0.05) is 50.6 Å². The van der Waals surface area contributed by atoms with E-state index in [2.05, 4.69) is 36.4 Å².